The van der Waals surface area contributed by atoms with Crippen LogP contribution < -0.4 is 36.9 Å². The lowest BCUT2D eigenvalue weighted by atomic mass is 10.1. The summed E-state index contributed by atoms with van der Waals surface area (Å²) in [6, 6.07) is 7.81. The van der Waals surface area contributed by atoms with Crippen LogP contribution in [0.3, 0.4) is 0 Å². The van der Waals surface area contributed by atoms with Crippen molar-refractivity contribution >= 4 is 57.6 Å². The number of carbonyl (C=O) groups is 4. The summed E-state index contributed by atoms with van der Waals surface area (Å²) in [6.07, 6.45) is 4.86. The molecule has 0 atom stereocenters. The average molecular weight is 837 g/mol. The van der Waals surface area contributed by atoms with E-state index in [4.69, 9.17) is 35.1 Å². The maximum absolute atomic E-state index is 13.7. The molecule has 7 rings (SSSR count). The Kier molecular flexibility index (Phi) is 12.5. The van der Waals surface area contributed by atoms with Crippen molar-refractivity contribution in [2.24, 2.45) is 11.5 Å². The summed E-state index contributed by atoms with van der Waals surface area (Å²) in [6.45, 7) is 10.3. The maximum atomic E-state index is 13.7. The van der Waals surface area contributed by atoms with Crippen molar-refractivity contribution in [3.63, 3.8) is 0 Å². The molecule has 61 heavy (non-hydrogen) atoms. The zero-order chi connectivity index (χ0) is 43.4. The number of anilines is 2. The van der Waals surface area contributed by atoms with Gasteiger partial charge >= 0.3 is 0 Å². The van der Waals surface area contributed by atoms with Gasteiger partial charge in [0.1, 0.15) is 28.2 Å². The van der Waals surface area contributed by atoms with Gasteiger partial charge in [-0.1, -0.05) is 19.1 Å². The van der Waals surface area contributed by atoms with Crippen LogP contribution in [0.2, 0.25) is 0 Å². The molecule has 1 fully saturated rings. The van der Waals surface area contributed by atoms with E-state index in [1.54, 1.807) is 39.8 Å². The number of nitrogens with zero attached hydrogens (tertiary/aromatic N) is 7. The Bertz CT molecular complexity index is 2670. The Labute approximate surface area is 349 Å². The molecule has 20 nitrogen and oxygen atoms in total. The molecule has 320 valence electrons. The molecule has 7 N–H and O–H groups in total. The number of aryl methyl sites for hydroxylation is 4. The topological polar surface area (TPSA) is 264 Å². The molecule has 2 aromatic carbocycles. The fourth-order valence-electron chi connectivity index (χ4n) is 6.97. The number of hydrogen-bond donors (Lipinski definition) is 5. The lowest BCUT2D eigenvalue weighted by Crippen LogP contribution is -2.48. The van der Waals surface area contributed by atoms with Gasteiger partial charge in [-0.3, -0.25) is 34.5 Å². The maximum Gasteiger partial charge on any atom is 0.295 e. The average Bonchev–Trinajstić information content (AvgIpc) is 3.98. The number of fused-ring (bicyclic) bond motifs is 2. The van der Waals surface area contributed by atoms with E-state index in [9.17, 15) is 19.2 Å². The monoisotopic (exact) mass is 836 g/mol. The van der Waals surface area contributed by atoms with E-state index >= 15 is 0 Å². The molecule has 1 aliphatic rings. The molecule has 6 aromatic rings. The normalized spacial score (nSPS) is 12.9. The Hall–Kier alpha value is -7.06. The molecule has 4 amide bonds. The summed E-state index contributed by atoms with van der Waals surface area (Å²) in [7, 11) is 1.46. The van der Waals surface area contributed by atoms with Gasteiger partial charge in [0.15, 0.2) is 5.89 Å². The van der Waals surface area contributed by atoms with Crippen LogP contribution >= 0.6 is 0 Å². The van der Waals surface area contributed by atoms with Gasteiger partial charge in [-0.05, 0) is 50.6 Å². The van der Waals surface area contributed by atoms with Crippen LogP contribution in [0.4, 0.5) is 11.9 Å². The SMILES string of the molecule is CCc1nc(C)oc1C(=O)Nc1nc2cc(C(N)=O)cc(OCCCOC3CNC3)c2n1CC=CCn1c(NC(=O)c2cc(C)nn2CC)nc2cc(C(N)=O)cc(OC)c21. The van der Waals surface area contributed by atoms with Crippen LogP contribution in [-0.2, 0) is 30.8 Å². The summed E-state index contributed by atoms with van der Waals surface area (Å²) < 4.78 is 28.5. The van der Waals surface area contributed by atoms with E-state index in [1.807, 2.05) is 26.0 Å². The van der Waals surface area contributed by atoms with Crippen LogP contribution in [0.15, 0.2) is 46.9 Å². The minimum atomic E-state index is -0.680. The Morgan fingerprint density at radius 3 is 2.02 bits per heavy atom. The zero-order valence-corrected chi connectivity index (χ0v) is 34.5. The van der Waals surface area contributed by atoms with Gasteiger partial charge < -0.3 is 44.5 Å². The predicted octanol–water partition coefficient (Wildman–Crippen LogP) is 3.49. The number of ether oxygens (including phenoxy) is 3. The summed E-state index contributed by atoms with van der Waals surface area (Å²) in [5.74, 6) is -1.02. The van der Waals surface area contributed by atoms with Crippen molar-refractivity contribution in [1.29, 1.82) is 0 Å². The van der Waals surface area contributed by atoms with Crippen molar-refractivity contribution in [2.45, 2.75) is 66.3 Å². The first-order chi connectivity index (χ1) is 29.4. The Morgan fingerprint density at radius 1 is 0.852 bits per heavy atom. The number of nitrogens with one attached hydrogen (secondary N) is 3. The van der Waals surface area contributed by atoms with Crippen LogP contribution in [0, 0.1) is 13.8 Å². The number of methoxy groups -OCH3 is 1. The number of aromatic nitrogens is 7. The number of amides is 4. The second kappa shape index (κ2) is 18.1. The summed E-state index contributed by atoms with van der Waals surface area (Å²) in [5.41, 5.74) is 14.9. The fourth-order valence-corrected chi connectivity index (χ4v) is 6.97. The van der Waals surface area contributed by atoms with E-state index < -0.39 is 23.6 Å². The van der Waals surface area contributed by atoms with E-state index in [2.05, 4.69) is 31.0 Å². The van der Waals surface area contributed by atoms with E-state index in [0.29, 0.717) is 82.5 Å². The molecule has 1 saturated heterocycles. The molecular weight excluding hydrogens is 789 g/mol. The largest absolute Gasteiger partial charge is 0.494 e. The molecule has 0 aliphatic carbocycles. The highest BCUT2D eigenvalue weighted by molar-refractivity contribution is 6.05. The number of nitrogens with two attached hydrogens (primary N) is 2. The highest BCUT2D eigenvalue weighted by Crippen LogP contribution is 2.33. The molecule has 5 heterocycles. The van der Waals surface area contributed by atoms with Gasteiger partial charge in [0, 0.05) is 57.2 Å². The fraction of sp³-hybridized carbons (Fsp3) is 0.366. The third-order valence-electron chi connectivity index (χ3n) is 10.0. The number of imidazole rings is 2. The minimum absolute atomic E-state index is 0.0530. The van der Waals surface area contributed by atoms with Crippen LogP contribution in [0.25, 0.3) is 22.1 Å². The third kappa shape index (κ3) is 8.94. The Morgan fingerprint density at radius 2 is 1.46 bits per heavy atom. The number of benzene rings is 2. The molecule has 4 aromatic heterocycles. The van der Waals surface area contributed by atoms with Gasteiger partial charge in [-0.2, -0.15) is 5.10 Å². The van der Waals surface area contributed by atoms with E-state index in [1.165, 1.54) is 25.3 Å². The minimum Gasteiger partial charge on any atom is -0.494 e. The molecule has 1 aliphatic heterocycles. The molecule has 20 heteroatoms. The predicted molar refractivity (Wildman–Crippen MR) is 224 cm³/mol. The number of primary amides is 2. The first kappa shape index (κ1) is 42.1. The lowest BCUT2D eigenvalue weighted by Gasteiger charge is -2.27. The van der Waals surface area contributed by atoms with Crippen molar-refractivity contribution in [1.82, 2.24) is 39.2 Å². The molecule has 0 spiro atoms. The van der Waals surface area contributed by atoms with Crippen LogP contribution in [0.5, 0.6) is 11.5 Å². The van der Waals surface area contributed by atoms with Crippen LogP contribution in [-0.4, -0.2) is 97.0 Å². The zero-order valence-electron chi connectivity index (χ0n) is 34.5. The number of oxazole rings is 1. The van der Waals surface area contributed by atoms with Gasteiger partial charge in [0.25, 0.3) is 11.8 Å². The van der Waals surface area contributed by atoms with E-state index in [-0.39, 0.29) is 54.6 Å². The summed E-state index contributed by atoms with van der Waals surface area (Å²) >= 11 is 0. The first-order valence-electron chi connectivity index (χ1n) is 19.8. The molecular formula is C41H48N12O8. The van der Waals surface area contributed by atoms with Gasteiger partial charge in [-0.25, -0.2) is 15.0 Å². The third-order valence-corrected chi connectivity index (χ3v) is 10.0. The van der Waals surface area contributed by atoms with Crippen molar-refractivity contribution in [3.05, 3.63) is 82.3 Å². The van der Waals surface area contributed by atoms with Crippen molar-refractivity contribution in [3.8, 4) is 11.5 Å². The highest BCUT2D eigenvalue weighted by Gasteiger charge is 2.25. The summed E-state index contributed by atoms with van der Waals surface area (Å²) in [4.78, 5) is 65.8. The first-order valence-corrected chi connectivity index (χ1v) is 19.8. The number of rotatable bonds is 19. The highest BCUT2D eigenvalue weighted by atomic mass is 16.5. The number of hydrogen-bond acceptors (Lipinski definition) is 13. The second-order valence-corrected chi connectivity index (χ2v) is 14.3. The molecule has 0 radical (unpaired) electrons. The van der Waals surface area contributed by atoms with Gasteiger partial charge in [0.05, 0.1) is 48.8 Å². The van der Waals surface area contributed by atoms with Crippen LogP contribution in [0.1, 0.15) is 79.3 Å². The second-order valence-electron chi connectivity index (χ2n) is 14.3. The van der Waals surface area contributed by atoms with Gasteiger partial charge in [-0.15, -0.1) is 0 Å². The van der Waals surface area contributed by atoms with Crippen molar-refractivity contribution in [2.75, 3.05) is 44.0 Å². The van der Waals surface area contributed by atoms with Crippen molar-refractivity contribution < 1.29 is 37.8 Å². The Balaban J connectivity index is 1.25. The molecule has 0 unspecified atom stereocenters. The summed E-state index contributed by atoms with van der Waals surface area (Å²) in [5, 5.41) is 13.3. The number of carbonyl (C=O) groups excluding carboxylic acids is 4. The smallest absolute Gasteiger partial charge is 0.295 e. The standard InChI is InChI=1S/C41H48N12O8/c1-6-27-35(61-23(4)45-27)39(57)49-41-47-29-17-25(37(43)55)19-32(60-14-10-13-59-26-20-44-21-26)34(29)52(41)12-9-8-11-51-33-28(16-24(36(42)54)18-31(33)58-5)46-40(51)48-38(56)30-15-22(3)50-53(30)7-2/h8-9,15-19,26,44H,6-7,10-14,20-21H2,1-5H3,(H2,42,54)(H2,43,55)(H,46,48,56)(H,47,49,57). The van der Waals surface area contributed by atoms with Gasteiger partial charge in [0.2, 0.25) is 29.5 Å². The number of allylic oxidation sites excluding steroid dienone is 2. The van der Waals surface area contributed by atoms with E-state index in [0.717, 1.165) is 13.1 Å². The quantitative estimate of drug-likeness (QED) is 0.0579. The lowest BCUT2D eigenvalue weighted by molar-refractivity contribution is 0.0136. The molecule has 0 bridgehead atoms. The molecule has 0 saturated carbocycles.